The number of oxazole rings is 1. The van der Waals surface area contributed by atoms with Gasteiger partial charge in [-0.3, -0.25) is 0 Å². The number of rotatable bonds is 5. The highest BCUT2D eigenvalue weighted by atomic mass is 16.4. The fraction of sp³-hybridized carbons (Fsp3) is 0.538. The van der Waals surface area contributed by atoms with Crippen LogP contribution in [0.25, 0.3) is 6.01 Å². The molecule has 0 aliphatic heterocycles. The molecule has 96 valence electrons. The minimum absolute atomic E-state index is 0.414. The maximum absolute atomic E-state index is 5.45. The molecular weight excluding hydrogens is 228 g/mol. The standard InChI is InChI=1S/C13H18N4O/c1-9(2)12-5-6-17(16-12)13-15-11(8-18-13)7-14-10-3-4-10/h5-6,8-10,14H,3-4,7H2,1-2H3. The molecule has 2 heterocycles. The second-order valence-electron chi connectivity index (χ2n) is 5.12. The summed E-state index contributed by atoms with van der Waals surface area (Å²) in [5.74, 6) is 0.414. The van der Waals surface area contributed by atoms with Crippen molar-refractivity contribution in [3.05, 3.63) is 29.9 Å². The number of hydrogen-bond donors (Lipinski definition) is 1. The second-order valence-corrected chi connectivity index (χ2v) is 5.12. The van der Waals surface area contributed by atoms with Crippen LogP contribution in [0.1, 0.15) is 44.0 Å². The molecule has 5 heteroatoms. The molecule has 0 unspecified atom stereocenters. The van der Waals surface area contributed by atoms with Crippen molar-refractivity contribution in [1.29, 1.82) is 0 Å². The van der Waals surface area contributed by atoms with Crippen LogP contribution in [-0.4, -0.2) is 20.8 Å². The van der Waals surface area contributed by atoms with Gasteiger partial charge >= 0.3 is 6.01 Å². The second kappa shape index (κ2) is 4.57. The average molecular weight is 246 g/mol. The van der Waals surface area contributed by atoms with Gasteiger partial charge in [-0.05, 0) is 24.8 Å². The first-order valence-electron chi connectivity index (χ1n) is 6.46. The number of hydrogen-bond acceptors (Lipinski definition) is 4. The first kappa shape index (κ1) is 11.5. The van der Waals surface area contributed by atoms with Gasteiger partial charge in [0.15, 0.2) is 0 Å². The third kappa shape index (κ3) is 2.46. The monoisotopic (exact) mass is 246 g/mol. The molecule has 1 aliphatic carbocycles. The van der Waals surface area contributed by atoms with Crippen molar-refractivity contribution in [3.8, 4) is 6.01 Å². The van der Waals surface area contributed by atoms with Gasteiger partial charge in [0.05, 0.1) is 11.4 Å². The van der Waals surface area contributed by atoms with Crippen LogP contribution in [0.2, 0.25) is 0 Å². The molecular formula is C13H18N4O. The van der Waals surface area contributed by atoms with Crippen molar-refractivity contribution in [2.75, 3.05) is 0 Å². The lowest BCUT2D eigenvalue weighted by Crippen LogP contribution is -2.15. The van der Waals surface area contributed by atoms with E-state index in [0.717, 1.165) is 17.9 Å². The van der Waals surface area contributed by atoms with E-state index in [1.807, 2.05) is 12.3 Å². The molecule has 1 N–H and O–H groups in total. The van der Waals surface area contributed by atoms with Crippen molar-refractivity contribution in [1.82, 2.24) is 20.1 Å². The van der Waals surface area contributed by atoms with E-state index in [-0.39, 0.29) is 0 Å². The molecule has 2 aromatic heterocycles. The normalized spacial score (nSPS) is 15.5. The highest BCUT2D eigenvalue weighted by Gasteiger charge is 2.20. The zero-order chi connectivity index (χ0) is 12.5. The van der Waals surface area contributed by atoms with E-state index in [2.05, 4.69) is 29.2 Å². The van der Waals surface area contributed by atoms with Crippen molar-refractivity contribution in [2.45, 2.75) is 45.2 Å². The minimum atomic E-state index is 0.414. The zero-order valence-electron chi connectivity index (χ0n) is 10.8. The summed E-state index contributed by atoms with van der Waals surface area (Å²) in [5.41, 5.74) is 1.98. The van der Waals surface area contributed by atoms with Crippen LogP contribution in [-0.2, 0) is 6.54 Å². The van der Waals surface area contributed by atoms with Crippen LogP contribution < -0.4 is 5.32 Å². The van der Waals surface area contributed by atoms with Gasteiger partial charge in [0.2, 0.25) is 0 Å². The van der Waals surface area contributed by atoms with Crippen LogP contribution in [0.15, 0.2) is 22.9 Å². The van der Waals surface area contributed by atoms with Crippen molar-refractivity contribution in [2.24, 2.45) is 0 Å². The van der Waals surface area contributed by atoms with Gasteiger partial charge in [-0.2, -0.15) is 14.8 Å². The molecule has 2 aromatic rings. The fourth-order valence-electron chi connectivity index (χ4n) is 1.77. The van der Waals surface area contributed by atoms with Crippen molar-refractivity contribution in [3.63, 3.8) is 0 Å². The molecule has 0 bridgehead atoms. The van der Waals surface area contributed by atoms with Crippen LogP contribution >= 0.6 is 0 Å². The first-order valence-corrected chi connectivity index (χ1v) is 6.46. The summed E-state index contributed by atoms with van der Waals surface area (Å²) in [4.78, 5) is 4.42. The zero-order valence-corrected chi connectivity index (χ0v) is 10.8. The first-order chi connectivity index (χ1) is 8.72. The molecule has 0 aromatic carbocycles. The number of nitrogens with zero attached hydrogens (tertiary/aromatic N) is 3. The molecule has 0 spiro atoms. The van der Waals surface area contributed by atoms with E-state index in [0.29, 0.717) is 18.0 Å². The lowest BCUT2D eigenvalue weighted by atomic mass is 10.1. The molecule has 1 saturated carbocycles. The number of aromatic nitrogens is 3. The van der Waals surface area contributed by atoms with E-state index in [4.69, 9.17) is 4.42 Å². The molecule has 0 radical (unpaired) electrons. The highest BCUT2D eigenvalue weighted by Crippen LogP contribution is 2.19. The quantitative estimate of drug-likeness (QED) is 0.879. The lowest BCUT2D eigenvalue weighted by Gasteiger charge is -1.98. The molecule has 0 amide bonds. The lowest BCUT2D eigenvalue weighted by molar-refractivity contribution is 0.506. The van der Waals surface area contributed by atoms with Crippen LogP contribution in [0.4, 0.5) is 0 Å². The summed E-state index contributed by atoms with van der Waals surface area (Å²) in [7, 11) is 0. The predicted octanol–water partition coefficient (Wildman–Crippen LogP) is 2.24. The van der Waals surface area contributed by atoms with Crippen LogP contribution in [0.3, 0.4) is 0 Å². The summed E-state index contributed by atoms with van der Waals surface area (Å²) in [6.07, 6.45) is 6.14. The molecule has 0 atom stereocenters. The Hall–Kier alpha value is -1.62. The SMILES string of the molecule is CC(C)c1ccn(-c2nc(CNC3CC3)co2)n1. The largest absolute Gasteiger partial charge is 0.430 e. The molecule has 18 heavy (non-hydrogen) atoms. The summed E-state index contributed by atoms with van der Waals surface area (Å²) < 4.78 is 7.14. The Labute approximate surface area is 106 Å². The Balaban J connectivity index is 1.70. The predicted molar refractivity (Wildman–Crippen MR) is 67.6 cm³/mol. The van der Waals surface area contributed by atoms with Gasteiger partial charge in [-0.1, -0.05) is 13.8 Å². The third-order valence-electron chi connectivity index (χ3n) is 3.09. The van der Waals surface area contributed by atoms with E-state index in [1.54, 1.807) is 10.9 Å². The van der Waals surface area contributed by atoms with Gasteiger partial charge < -0.3 is 9.73 Å². The van der Waals surface area contributed by atoms with Gasteiger partial charge in [0.1, 0.15) is 6.26 Å². The summed E-state index contributed by atoms with van der Waals surface area (Å²) in [6, 6.07) is 3.22. The van der Waals surface area contributed by atoms with Crippen LogP contribution in [0, 0.1) is 0 Å². The van der Waals surface area contributed by atoms with E-state index in [1.165, 1.54) is 12.8 Å². The maximum atomic E-state index is 5.45. The van der Waals surface area contributed by atoms with Gasteiger partial charge in [-0.15, -0.1) is 0 Å². The van der Waals surface area contributed by atoms with Crippen molar-refractivity contribution >= 4 is 0 Å². The molecule has 3 rings (SSSR count). The Morgan fingerprint density at radius 3 is 3.00 bits per heavy atom. The molecule has 0 saturated heterocycles. The fourth-order valence-corrected chi connectivity index (χ4v) is 1.77. The highest BCUT2D eigenvalue weighted by molar-refractivity contribution is 5.13. The van der Waals surface area contributed by atoms with Gasteiger partial charge in [-0.25, -0.2) is 0 Å². The average Bonchev–Trinajstić information content (AvgIpc) is 2.88. The Kier molecular flexibility index (Phi) is 2.91. The summed E-state index contributed by atoms with van der Waals surface area (Å²) >= 11 is 0. The smallest absolute Gasteiger partial charge is 0.322 e. The minimum Gasteiger partial charge on any atom is -0.430 e. The Morgan fingerprint density at radius 2 is 2.33 bits per heavy atom. The summed E-state index contributed by atoms with van der Waals surface area (Å²) in [5, 5.41) is 7.85. The van der Waals surface area contributed by atoms with E-state index >= 15 is 0 Å². The third-order valence-corrected chi connectivity index (χ3v) is 3.09. The van der Waals surface area contributed by atoms with Crippen LogP contribution in [0.5, 0.6) is 0 Å². The number of nitrogens with one attached hydrogen (secondary N) is 1. The topological polar surface area (TPSA) is 55.9 Å². The Bertz CT molecular complexity index is 525. The van der Waals surface area contributed by atoms with E-state index < -0.39 is 0 Å². The molecule has 1 aliphatic rings. The van der Waals surface area contributed by atoms with Gasteiger partial charge in [0, 0.05) is 18.8 Å². The van der Waals surface area contributed by atoms with Gasteiger partial charge in [0.25, 0.3) is 0 Å². The molecule has 5 nitrogen and oxygen atoms in total. The van der Waals surface area contributed by atoms with E-state index in [9.17, 15) is 0 Å². The Morgan fingerprint density at radius 1 is 1.50 bits per heavy atom. The molecule has 1 fully saturated rings. The summed E-state index contributed by atoms with van der Waals surface area (Å²) in [6.45, 7) is 5.01. The van der Waals surface area contributed by atoms with Crippen molar-refractivity contribution < 1.29 is 4.42 Å². The maximum Gasteiger partial charge on any atom is 0.322 e.